The highest BCUT2D eigenvalue weighted by molar-refractivity contribution is 6.18. The predicted octanol–water partition coefficient (Wildman–Crippen LogP) is 9.47. The summed E-state index contributed by atoms with van der Waals surface area (Å²) in [4.78, 5) is 34.0. The number of fused-ring (bicyclic) bond motifs is 2. The first-order chi connectivity index (χ1) is 30.8. The van der Waals surface area contributed by atoms with E-state index in [1.807, 2.05) is 12.1 Å². The largest absolute Gasteiger partial charge is 0.459 e. The van der Waals surface area contributed by atoms with Crippen LogP contribution in [0, 0.1) is 23.6 Å². The number of hydrogen-bond acceptors (Lipinski definition) is 11. The Morgan fingerprint density at radius 1 is 1.02 bits per heavy atom. The SMILES string of the molecule is C=CCO[C@@]12Oc3ccc(Oc4cccc(C=O)c4)cc3[C@H]3[C@H](CCCCO)[C@@H](CCCCO)C=C(C(=NOC4CCCCO4)C[C@@H]1N(Cc1ccc(F)cc1)C(=O)OCCCl)[C@H]32. The lowest BCUT2D eigenvalue weighted by molar-refractivity contribution is -0.256. The predicted molar refractivity (Wildman–Crippen MR) is 236 cm³/mol. The number of aliphatic hydroxyl groups is 2. The van der Waals surface area contributed by atoms with Crippen LogP contribution in [0.5, 0.6) is 17.2 Å². The average Bonchev–Trinajstić information content (AvgIpc) is 3.31. The van der Waals surface area contributed by atoms with E-state index in [1.165, 1.54) is 12.1 Å². The van der Waals surface area contributed by atoms with Crippen molar-refractivity contribution in [2.24, 2.45) is 22.9 Å². The highest BCUT2D eigenvalue weighted by Gasteiger charge is 2.65. The molecule has 3 aromatic rings. The van der Waals surface area contributed by atoms with Crippen LogP contribution in [0.2, 0.25) is 0 Å². The summed E-state index contributed by atoms with van der Waals surface area (Å²) in [5.41, 5.74) is 3.44. The number of carbonyl (C=O) groups excluding carboxylic acids is 2. The number of nitrogens with zero attached hydrogens (tertiary/aromatic N) is 2. The minimum Gasteiger partial charge on any atom is -0.459 e. The van der Waals surface area contributed by atoms with Gasteiger partial charge in [-0.3, -0.25) is 9.69 Å². The molecule has 0 radical (unpaired) electrons. The number of aliphatic hydroxyl groups excluding tert-OH is 2. The highest BCUT2D eigenvalue weighted by Crippen LogP contribution is 2.62. The van der Waals surface area contributed by atoms with Gasteiger partial charge in [-0.05, 0) is 104 Å². The lowest BCUT2D eigenvalue weighted by Gasteiger charge is -2.59. The maximum Gasteiger partial charge on any atom is 0.410 e. The number of amides is 1. The molecule has 12 nitrogen and oxygen atoms in total. The molecule has 4 aliphatic rings. The Morgan fingerprint density at radius 2 is 1.81 bits per heavy atom. The maximum atomic E-state index is 14.5. The Labute approximate surface area is 373 Å². The van der Waals surface area contributed by atoms with Gasteiger partial charge in [0.2, 0.25) is 12.1 Å². The third-order valence-corrected chi connectivity index (χ3v) is 12.6. The second-order valence-electron chi connectivity index (χ2n) is 16.5. The van der Waals surface area contributed by atoms with E-state index < -0.39 is 35.9 Å². The molecule has 1 unspecified atom stereocenters. The molecule has 2 aliphatic heterocycles. The van der Waals surface area contributed by atoms with Crippen LogP contribution in [0.4, 0.5) is 9.18 Å². The number of rotatable bonds is 21. The van der Waals surface area contributed by atoms with Crippen LogP contribution in [0.25, 0.3) is 0 Å². The van der Waals surface area contributed by atoms with E-state index >= 15 is 0 Å². The number of carbonyl (C=O) groups is 2. The second kappa shape index (κ2) is 22.2. The molecule has 3 aromatic carbocycles. The van der Waals surface area contributed by atoms with E-state index in [4.69, 9.17) is 45.3 Å². The number of allylic oxidation sites excluding steroid dienone is 1. The average molecular weight is 889 g/mol. The van der Waals surface area contributed by atoms with E-state index in [0.717, 1.165) is 55.9 Å². The van der Waals surface area contributed by atoms with Gasteiger partial charge in [0, 0.05) is 49.6 Å². The molecule has 7 atom stereocenters. The number of unbranched alkanes of at least 4 members (excludes halogenated alkanes) is 2. The van der Waals surface area contributed by atoms with E-state index in [2.05, 4.69) is 12.7 Å². The third-order valence-electron chi connectivity index (χ3n) is 12.5. The fourth-order valence-electron chi connectivity index (χ4n) is 9.71. The third kappa shape index (κ3) is 10.8. The van der Waals surface area contributed by atoms with E-state index in [-0.39, 0.29) is 63.0 Å². The van der Waals surface area contributed by atoms with Crippen LogP contribution in [-0.2, 0) is 25.6 Å². The first kappa shape index (κ1) is 46.2. The summed E-state index contributed by atoms with van der Waals surface area (Å²) in [6, 6.07) is 17.6. The number of halogens is 2. The molecule has 2 heterocycles. The quantitative estimate of drug-likeness (QED) is 0.0349. The summed E-state index contributed by atoms with van der Waals surface area (Å²) in [7, 11) is 0. The Kier molecular flexibility index (Phi) is 16.3. The zero-order valence-electron chi connectivity index (χ0n) is 35.6. The molecule has 14 heteroatoms. The number of benzene rings is 3. The van der Waals surface area contributed by atoms with Gasteiger partial charge in [0.15, 0.2) is 0 Å². The van der Waals surface area contributed by atoms with Crippen LogP contribution < -0.4 is 9.47 Å². The maximum absolute atomic E-state index is 14.5. The van der Waals surface area contributed by atoms with Gasteiger partial charge < -0.3 is 38.7 Å². The molecule has 0 spiro atoms. The van der Waals surface area contributed by atoms with Gasteiger partial charge in [0.1, 0.15) is 42.0 Å². The van der Waals surface area contributed by atoms with E-state index in [1.54, 1.807) is 53.4 Å². The fourth-order valence-corrected chi connectivity index (χ4v) is 9.79. The van der Waals surface area contributed by atoms with Crippen LogP contribution in [-0.4, -0.2) is 90.2 Å². The zero-order chi connectivity index (χ0) is 44.2. The Bertz CT molecular complexity index is 2080. The molecule has 2 aliphatic carbocycles. The van der Waals surface area contributed by atoms with Crippen molar-refractivity contribution < 1.29 is 52.7 Å². The number of oxime groups is 1. The number of alkyl halides is 1. The smallest absolute Gasteiger partial charge is 0.410 e. The summed E-state index contributed by atoms with van der Waals surface area (Å²) in [6.07, 6.45) is 10.4. The van der Waals surface area contributed by atoms with Gasteiger partial charge in [-0.15, -0.1) is 18.2 Å². The molecule has 338 valence electrons. The Balaban J connectivity index is 1.45. The van der Waals surface area contributed by atoms with Crippen molar-refractivity contribution in [2.75, 3.05) is 38.9 Å². The molecule has 1 amide bonds. The summed E-state index contributed by atoms with van der Waals surface area (Å²) >= 11 is 6.08. The molecule has 1 saturated carbocycles. The van der Waals surface area contributed by atoms with Crippen molar-refractivity contribution in [2.45, 2.75) is 94.8 Å². The molecule has 7 rings (SSSR count). The van der Waals surface area contributed by atoms with Gasteiger partial charge in [-0.1, -0.05) is 54.4 Å². The topological polar surface area (TPSA) is 146 Å². The van der Waals surface area contributed by atoms with Gasteiger partial charge >= 0.3 is 6.09 Å². The summed E-state index contributed by atoms with van der Waals surface area (Å²) in [5, 5.41) is 24.8. The lowest BCUT2D eigenvalue weighted by atomic mass is 9.55. The lowest BCUT2D eigenvalue weighted by Crippen LogP contribution is -2.70. The Morgan fingerprint density at radius 3 is 2.54 bits per heavy atom. The summed E-state index contributed by atoms with van der Waals surface area (Å²) in [5.74, 6) is -1.32. The van der Waals surface area contributed by atoms with E-state index in [0.29, 0.717) is 60.0 Å². The zero-order valence-corrected chi connectivity index (χ0v) is 36.3. The van der Waals surface area contributed by atoms with Gasteiger partial charge in [-0.2, -0.15) is 0 Å². The highest BCUT2D eigenvalue weighted by atomic mass is 35.5. The monoisotopic (exact) mass is 888 g/mol. The Hall–Kier alpha value is -4.79. The summed E-state index contributed by atoms with van der Waals surface area (Å²) in [6.45, 7) is 4.69. The molecule has 2 fully saturated rings. The first-order valence-corrected chi connectivity index (χ1v) is 22.7. The molecule has 1 saturated heterocycles. The van der Waals surface area contributed by atoms with Crippen molar-refractivity contribution in [3.8, 4) is 17.2 Å². The molecule has 0 aromatic heterocycles. The van der Waals surface area contributed by atoms with Crippen molar-refractivity contribution in [3.63, 3.8) is 0 Å². The molecule has 2 N–H and O–H groups in total. The van der Waals surface area contributed by atoms with Crippen molar-refractivity contribution in [3.05, 3.63) is 114 Å². The van der Waals surface area contributed by atoms with Crippen LogP contribution >= 0.6 is 11.6 Å². The van der Waals surface area contributed by atoms with Gasteiger partial charge in [0.05, 0.1) is 30.7 Å². The van der Waals surface area contributed by atoms with Crippen molar-refractivity contribution in [1.82, 2.24) is 4.90 Å². The standard InChI is InChI=1S/C49H58ClFN2O10/c1-2-24-60-49-44(53(48(57)59-26-21-50)31-33-15-17-36(51)18-16-33)30-42(52-63-45-14-5-8-25-58-45)40-28-35(11-3-6-22-54)39(13-4-7-23-55)46(47(40)49)41-29-38(19-20-43(41)62-49)61-37-12-9-10-34(27-37)32-56/h2,9-10,12,15-20,27-29,32,35,39,44-47,54-55H,1,3-8,11,13-14,21-26,30-31H2/t35-,39+,44-,45?,46+,47+,49+/m0/s1. The van der Waals surface area contributed by atoms with Gasteiger partial charge in [-0.25, -0.2) is 9.18 Å². The van der Waals surface area contributed by atoms with E-state index in [9.17, 15) is 24.2 Å². The number of hydrogen-bond donors (Lipinski definition) is 2. The van der Waals surface area contributed by atoms with Crippen molar-refractivity contribution >= 4 is 29.7 Å². The minimum atomic E-state index is -1.57. The molecule has 63 heavy (non-hydrogen) atoms. The summed E-state index contributed by atoms with van der Waals surface area (Å²) < 4.78 is 46.8. The normalized spacial score (nSPS) is 25.5. The minimum absolute atomic E-state index is 0.0000737. The fraction of sp³-hybridized carbons (Fsp3) is 0.490. The second-order valence-corrected chi connectivity index (χ2v) is 16.9. The number of ether oxygens (including phenoxy) is 5. The molecular weight excluding hydrogens is 831 g/mol. The molecule has 0 bridgehead atoms. The first-order valence-electron chi connectivity index (χ1n) is 22.1. The van der Waals surface area contributed by atoms with Gasteiger partial charge in [0.25, 0.3) is 0 Å². The van der Waals surface area contributed by atoms with Crippen molar-refractivity contribution in [1.29, 1.82) is 0 Å². The van der Waals surface area contributed by atoms with Crippen LogP contribution in [0.15, 0.2) is 96.2 Å². The number of aldehydes is 1. The molecular formula is C49H58ClFN2O10. The van der Waals surface area contributed by atoms with Crippen LogP contribution in [0.3, 0.4) is 0 Å². The van der Waals surface area contributed by atoms with Crippen LogP contribution in [0.1, 0.15) is 91.6 Å².